The molecule has 7 heavy (non-hydrogen) atoms. The van der Waals surface area contributed by atoms with Crippen LogP contribution in [0.1, 0.15) is 0 Å². The number of hydrogen-bond acceptors (Lipinski definition) is 2. The molecule has 0 spiro atoms. The number of ether oxygens (including phenoxy) is 1. The highest BCUT2D eigenvalue weighted by Gasteiger charge is 2.04. The molecule has 3 nitrogen and oxygen atoms in total. The van der Waals surface area contributed by atoms with E-state index in [1.165, 1.54) is 7.11 Å². The van der Waals surface area contributed by atoms with Crippen molar-refractivity contribution in [2.45, 2.75) is 0 Å². The van der Waals surface area contributed by atoms with E-state index in [9.17, 15) is 4.79 Å². The van der Waals surface area contributed by atoms with E-state index >= 15 is 0 Å². The van der Waals surface area contributed by atoms with Crippen molar-refractivity contribution in [3.8, 4) is 0 Å². The van der Waals surface area contributed by atoms with Crippen LogP contribution >= 0.6 is 23.6 Å². The Morgan fingerprint density at radius 2 is 2.14 bits per heavy atom. The number of hydrogen-bond donors (Lipinski definition) is 0. The fourth-order valence-electron chi connectivity index (χ4n) is 0.0690. The van der Waals surface area contributed by atoms with Crippen molar-refractivity contribution in [2.75, 3.05) is 7.11 Å². The lowest BCUT2D eigenvalue weighted by atomic mass is 11.2. The van der Waals surface area contributed by atoms with E-state index in [1.807, 2.05) is 0 Å². The normalized spacial score (nSPS) is 7.86. The predicted molar refractivity (Wildman–Crippen MR) is 25.9 cm³/mol. The molecule has 1 amide bonds. The minimum absolute atomic E-state index is 0.306. The molecule has 0 unspecified atom stereocenters. The molecular formula is C2H3Cl2NO2. The first-order chi connectivity index (χ1) is 3.18. The Balaban J connectivity index is 3.35. The maximum atomic E-state index is 9.95. The smallest absolute Gasteiger partial charge is 0.439 e. The lowest BCUT2D eigenvalue weighted by Crippen LogP contribution is -2.09. The monoisotopic (exact) mass is 143 g/mol. The molecule has 0 aliphatic rings. The fourth-order valence-corrected chi connectivity index (χ4v) is 0.207. The zero-order valence-electron chi connectivity index (χ0n) is 3.52. The number of amides is 1. The van der Waals surface area contributed by atoms with E-state index < -0.39 is 6.09 Å². The lowest BCUT2D eigenvalue weighted by molar-refractivity contribution is 0.165. The second-order valence-electron chi connectivity index (χ2n) is 0.703. The van der Waals surface area contributed by atoms with Gasteiger partial charge in [0.2, 0.25) is 0 Å². The van der Waals surface area contributed by atoms with E-state index in [1.54, 1.807) is 0 Å². The van der Waals surface area contributed by atoms with Gasteiger partial charge < -0.3 is 4.74 Å². The summed E-state index contributed by atoms with van der Waals surface area (Å²) in [4.78, 5) is 9.95. The largest absolute Gasteiger partial charge is 0.451 e. The Labute approximate surface area is 51.0 Å². The third-order valence-corrected chi connectivity index (χ3v) is 0.589. The first-order valence-electron chi connectivity index (χ1n) is 1.38. The molecular weight excluding hydrogens is 141 g/mol. The molecule has 42 valence electrons. The van der Waals surface area contributed by atoms with Crippen molar-refractivity contribution >= 4 is 29.6 Å². The van der Waals surface area contributed by atoms with Crippen LogP contribution in [0, 0.1) is 0 Å². The first kappa shape index (κ1) is 6.85. The minimum atomic E-state index is -0.789. The summed E-state index contributed by atoms with van der Waals surface area (Å²) in [6, 6.07) is 0. The standard InChI is InChI=1S/C2H3Cl2NO2/c1-7-2(6)5(3)4/h1H3. The van der Waals surface area contributed by atoms with Crippen LogP contribution in [-0.4, -0.2) is 17.1 Å². The molecule has 0 rings (SSSR count). The van der Waals surface area contributed by atoms with Crippen molar-refractivity contribution in [3.05, 3.63) is 0 Å². The van der Waals surface area contributed by atoms with Crippen LogP contribution in [0.4, 0.5) is 4.79 Å². The molecule has 0 saturated heterocycles. The van der Waals surface area contributed by atoms with Crippen molar-refractivity contribution in [1.82, 2.24) is 3.94 Å². The number of carbonyl (C=O) groups excluding carboxylic acids is 1. The average Bonchev–Trinajstić information content (AvgIpc) is 1.65. The Bertz CT molecular complexity index is 74.1. The Morgan fingerprint density at radius 1 is 1.71 bits per heavy atom. The Morgan fingerprint density at radius 3 is 2.14 bits per heavy atom. The summed E-state index contributed by atoms with van der Waals surface area (Å²) in [5.74, 6) is 0. The maximum Gasteiger partial charge on any atom is 0.439 e. The molecule has 0 aromatic heterocycles. The molecule has 0 aliphatic carbocycles. The van der Waals surface area contributed by atoms with Crippen LogP contribution in [0.3, 0.4) is 0 Å². The third-order valence-electron chi connectivity index (χ3n) is 0.313. The maximum absolute atomic E-state index is 9.95. The molecule has 0 aromatic carbocycles. The predicted octanol–water partition coefficient (Wildman–Crippen LogP) is 1.36. The van der Waals surface area contributed by atoms with Crippen LogP contribution < -0.4 is 0 Å². The van der Waals surface area contributed by atoms with Gasteiger partial charge in [-0.25, -0.2) is 4.79 Å². The summed E-state index contributed by atoms with van der Waals surface area (Å²) in [5.41, 5.74) is 0. The molecule has 0 radical (unpaired) electrons. The molecule has 0 saturated carbocycles. The zero-order chi connectivity index (χ0) is 5.86. The van der Waals surface area contributed by atoms with Gasteiger partial charge in [-0.1, -0.05) is 0 Å². The van der Waals surface area contributed by atoms with Crippen LogP contribution in [0.5, 0.6) is 0 Å². The van der Waals surface area contributed by atoms with Gasteiger partial charge in [0.25, 0.3) is 0 Å². The van der Waals surface area contributed by atoms with Crippen LogP contribution in [0.25, 0.3) is 0 Å². The summed E-state index contributed by atoms with van der Waals surface area (Å²) in [7, 11) is 1.18. The third kappa shape index (κ3) is 2.53. The second kappa shape index (κ2) is 2.93. The van der Waals surface area contributed by atoms with Crippen LogP contribution in [0.15, 0.2) is 0 Å². The van der Waals surface area contributed by atoms with Gasteiger partial charge in [-0.3, -0.25) is 0 Å². The summed E-state index contributed by atoms with van der Waals surface area (Å²) in [6.45, 7) is 0. The quantitative estimate of drug-likeness (QED) is 0.480. The zero-order valence-corrected chi connectivity index (χ0v) is 5.03. The van der Waals surface area contributed by atoms with E-state index in [0.717, 1.165) is 0 Å². The number of methoxy groups -OCH3 is 1. The first-order valence-corrected chi connectivity index (χ1v) is 2.05. The van der Waals surface area contributed by atoms with Crippen molar-refractivity contribution < 1.29 is 9.53 Å². The summed E-state index contributed by atoms with van der Waals surface area (Å²) < 4.78 is 4.34. The molecule has 5 heteroatoms. The molecule has 0 fully saturated rings. The van der Waals surface area contributed by atoms with Gasteiger partial charge in [-0.05, 0) is 0 Å². The van der Waals surface area contributed by atoms with Gasteiger partial charge in [0.15, 0.2) is 0 Å². The van der Waals surface area contributed by atoms with Gasteiger partial charge in [0.05, 0.1) is 7.11 Å². The SMILES string of the molecule is COC(=O)N(Cl)Cl. The van der Waals surface area contributed by atoms with Gasteiger partial charge >= 0.3 is 6.09 Å². The minimum Gasteiger partial charge on any atom is -0.451 e. The Hall–Kier alpha value is -0.150. The van der Waals surface area contributed by atoms with Crippen LogP contribution in [-0.2, 0) is 4.74 Å². The van der Waals surface area contributed by atoms with Gasteiger partial charge in [0.1, 0.15) is 0 Å². The fraction of sp³-hybridized carbons (Fsp3) is 0.500. The van der Waals surface area contributed by atoms with Crippen molar-refractivity contribution in [2.24, 2.45) is 0 Å². The molecule has 0 N–H and O–H groups in total. The van der Waals surface area contributed by atoms with Crippen molar-refractivity contribution in [3.63, 3.8) is 0 Å². The van der Waals surface area contributed by atoms with Gasteiger partial charge in [-0.2, -0.15) is 0 Å². The highest BCUT2D eigenvalue weighted by atomic mass is 35.5. The molecule has 0 atom stereocenters. The van der Waals surface area contributed by atoms with Gasteiger partial charge in [-0.15, -0.1) is 3.94 Å². The number of halogens is 2. The number of nitrogens with zero attached hydrogens (tertiary/aromatic N) is 1. The summed E-state index contributed by atoms with van der Waals surface area (Å²) in [6.07, 6.45) is -0.789. The molecule has 0 bridgehead atoms. The summed E-state index contributed by atoms with van der Waals surface area (Å²) in [5, 5.41) is 0. The molecule has 0 aromatic rings. The average molecular weight is 144 g/mol. The Kier molecular flexibility index (Phi) is 2.87. The molecule has 0 heterocycles. The van der Waals surface area contributed by atoms with E-state index in [-0.39, 0.29) is 0 Å². The molecule has 0 aliphatic heterocycles. The van der Waals surface area contributed by atoms with E-state index in [4.69, 9.17) is 23.6 Å². The summed E-state index contributed by atoms with van der Waals surface area (Å²) >= 11 is 9.71. The van der Waals surface area contributed by atoms with Crippen LogP contribution in [0.2, 0.25) is 0 Å². The second-order valence-corrected chi connectivity index (χ2v) is 1.55. The highest BCUT2D eigenvalue weighted by Crippen LogP contribution is 1.99. The van der Waals surface area contributed by atoms with Gasteiger partial charge in [0, 0.05) is 23.6 Å². The topological polar surface area (TPSA) is 29.5 Å². The number of carbonyl (C=O) groups is 1. The van der Waals surface area contributed by atoms with Crippen molar-refractivity contribution in [1.29, 1.82) is 0 Å². The number of rotatable bonds is 0. The van der Waals surface area contributed by atoms with E-state index in [0.29, 0.717) is 3.94 Å². The lowest BCUT2D eigenvalue weighted by Gasteiger charge is -1.97. The highest BCUT2D eigenvalue weighted by molar-refractivity contribution is 6.40. The van der Waals surface area contributed by atoms with E-state index in [2.05, 4.69) is 4.74 Å².